The Labute approximate surface area is 140 Å². The van der Waals surface area contributed by atoms with Gasteiger partial charge in [-0.25, -0.2) is 0 Å². The normalized spacial score (nSPS) is 10.5. The van der Waals surface area contributed by atoms with Gasteiger partial charge in [0.05, 0.1) is 0 Å². The van der Waals surface area contributed by atoms with Gasteiger partial charge in [-0.15, -0.1) is 0 Å². The van der Waals surface area contributed by atoms with Crippen molar-refractivity contribution in [1.82, 2.24) is 5.32 Å². The number of benzene rings is 2. The Morgan fingerprint density at radius 1 is 1.09 bits per heavy atom. The van der Waals surface area contributed by atoms with Crippen molar-refractivity contribution in [3.05, 3.63) is 63.6 Å². The van der Waals surface area contributed by atoms with E-state index in [1.54, 1.807) is 18.2 Å². The first kappa shape index (κ1) is 16.8. The molecular formula is C17H18Cl2N2O. The highest BCUT2D eigenvalue weighted by molar-refractivity contribution is 6.35. The zero-order chi connectivity index (χ0) is 15.9. The second-order valence-electron chi connectivity index (χ2n) is 5.06. The second-order valence-corrected chi connectivity index (χ2v) is 5.93. The van der Waals surface area contributed by atoms with Crippen LogP contribution in [-0.2, 0) is 11.3 Å². The number of nitrogens with one attached hydrogen (secondary N) is 2. The molecule has 2 rings (SSSR count). The molecule has 0 aliphatic carbocycles. The van der Waals surface area contributed by atoms with Crippen molar-refractivity contribution in [1.29, 1.82) is 0 Å². The van der Waals surface area contributed by atoms with E-state index in [2.05, 4.69) is 29.7 Å². The van der Waals surface area contributed by atoms with Crippen LogP contribution in [0, 0.1) is 6.92 Å². The van der Waals surface area contributed by atoms with Crippen molar-refractivity contribution in [2.24, 2.45) is 0 Å². The molecule has 1 amide bonds. The molecular weight excluding hydrogens is 319 g/mol. The van der Waals surface area contributed by atoms with Gasteiger partial charge in [0.2, 0.25) is 5.91 Å². The van der Waals surface area contributed by atoms with Crippen LogP contribution in [0.1, 0.15) is 17.5 Å². The van der Waals surface area contributed by atoms with Gasteiger partial charge in [-0.1, -0.05) is 47.5 Å². The number of rotatable bonds is 6. The quantitative estimate of drug-likeness (QED) is 0.766. The first-order valence-corrected chi connectivity index (χ1v) is 7.81. The molecule has 0 bridgehead atoms. The standard InChI is InChI=1S/C17H18Cl2N2O/c1-12-4-2-3-5-13(12)11-20-7-6-17(22)21-16-9-14(18)8-15(19)10-16/h2-5,8-10,20H,6-7,11H2,1H3,(H,21,22). The van der Waals surface area contributed by atoms with Crippen LogP contribution in [0.3, 0.4) is 0 Å². The predicted molar refractivity (Wildman–Crippen MR) is 92.6 cm³/mol. The molecule has 2 N–H and O–H groups in total. The lowest BCUT2D eigenvalue weighted by atomic mass is 10.1. The van der Waals surface area contributed by atoms with Crippen LogP contribution < -0.4 is 10.6 Å². The summed E-state index contributed by atoms with van der Waals surface area (Å²) in [6.45, 7) is 3.43. The fourth-order valence-electron chi connectivity index (χ4n) is 2.08. The van der Waals surface area contributed by atoms with Crippen LogP contribution in [0.2, 0.25) is 10.0 Å². The van der Waals surface area contributed by atoms with Crippen molar-refractivity contribution in [2.75, 3.05) is 11.9 Å². The monoisotopic (exact) mass is 336 g/mol. The van der Waals surface area contributed by atoms with Crippen molar-refractivity contribution in [3.63, 3.8) is 0 Å². The van der Waals surface area contributed by atoms with Gasteiger partial charge in [0, 0.05) is 35.2 Å². The summed E-state index contributed by atoms with van der Waals surface area (Å²) < 4.78 is 0. The van der Waals surface area contributed by atoms with Gasteiger partial charge in [-0.3, -0.25) is 4.79 Å². The van der Waals surface area contributed by atoms with Crippen molar-refractivity contribution in [3.8, 4) is 0 Å². The number of carbonyl (C=O) groups excluding carboxylic acids is 1. The summed E-state index contributed by atoms with van der Waals surface area (Å²) in [6, 6.07) is 13.2. The lowest BCUT2D eigenvalue weighted by Crippen LogP contribution is -2.21. The molecule has 0 atom stereocenters. The Balaban J connectivity index is 1.75. The van der Waals surface area contributed by atoms with Crippen molar-refractivity contribution < 1.29 is 4.79 Å². The molecule has 116 valence electrons. The number of amides is 1. The van der Waals surface area contributed by atoms with Crippen LogP contribution in [-0.4, -0.2) is 12.5 Å². The number of halogens is 2. The molecule has 0 saturated carbocycles. The largest absolute Gasteiger partial charge is 0.326 e. The van der Waals surface area contributed by atoms with Gasteiger partial charge >= 0.3 is 0 Å². The van der Waals surface area contributed by atoms with Gasteiger partial charge in [-0.2, -0.15) is 0 Å². The van der Waals surface area contributed by atoms with E-state index in [1.165, 1.54) is 11.1 Å². The summed E-state index contributed by atoms with van der Waals surface area (Å²) in [7, 11) is 0. The topological polar surface area (TPSA) is 41.1 Å². The van der Waals surface area contributed by atoms with Crippen LogP contribution in [0.4, 0.5) is 5.69 Å². The summed E-state index contributed by atoms with van der Waals surface area (Å²) in [5, 5.41) is 7.06. The molecule has 2 aromatic rings. The van der Waals surface area contributed by atoms with Gasteiger partial charge in [-0.05, 0) is 36.2 Å². The molecule has 0 saturated heterocycles. The number of hydrogen-bond donors (Lipinski definition) is 2. The van der Waals surface area contributed by atoms with Gasteiger partial charge in [0.1, 0.15) is 0 Å². The maximum Gasteiger partial charge on any atom is 0.225 e. The molecule has 22 heavy (non-hydrogen) atoms. The number of hydrogen-bond acceptors (Lipinski definition) is 2. The molecule has 0 spiro atoms. The minimum Gasteiger partial charge on any atom is -0.326 e. The minimum atomic E-state index is -0.0735. The van der Waals surface area contributed by atoms with Crippen LogP contribution >= 0.6 is 23.2 Å². The molecule has 0 aromatic heterocycles. The van der Waals surface area contributed by atoms with E-state index in [1.807, 2.05) is 12.1 Å². The molecule has 0 unspecified atom stereocenters. The maximum atomic E-state index is 11.9. The van der Waals surface area contributed by atoms with Crippen LogP contribution in [0.15, 0.2) is 42.5 Å². The van der Waals surface area contributed by atoms with E-state index < -0.39 is 0 Å². The van der Waals surface area contributed by atoms with E-state index in [9.17, 15) is 4.79 Å². The molecule has 0 aliphatic rings. The fraction of sp³-hybridized carbons (Fsp3) is 0.235. The number of aryl methyl sites for hydroxylation is 1. The SMILES string of the molecule is Cc1ccccc1CNCCC(=O)Nc1cc(Cl)cc(Cl)c1. The third-order valence-corrected chi connectivity index (χ3v) is 3.69. The molecule has 3 nitrogen and oxygen atoms in total. The Morgan fingerprint density at radius 2 is 1.77 bits per heavy atom. The van der Waals surface area contributed by atoms with Gasteiger partial charge in [0.15, 0.2) is 0 Å². The Hall–Kier alpha value is -1.55. The summed E-state index contributed by atoms with van der Waals surface area (Å²) in [5.41, 5.74) is 3.10. The highest BCUT2D eigenvalue weighted by atomic mass is 35.5. The Kier molecular flexibility index (Phi) is 6.25. The Bertz CT molecular complexity index is 639. The molecule has 0 fully saturated rings. The average Bonchev–Trinajstić information content (AvgIpc) is 2.44. The second kappa shape index (κ2) is 8.18. The van der Waals surface area contributed by atoms with Gasteiger partial charge < -0.3 is 10.6 Å². The minimum absolute atomic E-state index is 0.0735. The first-order valence-electron chi connectivity index (χ1n) is 7.06. The predicted octanol–water partition coefficient (Wildman–Crippen LogP) is 4.42. The summed E-state index contributed by atoms with van der Waals surface area (Å²) >= 11 is 11.8. The third-order valence-electron chi connectivity index (χ3n) is 3.25. The van der Waals surface area contributed by atoms with Crippen molar-refractivity contribution in [2.45, 2.75) is 19.9 Å². The Morgan fingerprint density at radius 3 is 2.45 bits per heavy atom. The molecule has 0 heterocycles. The van der Waals surface area contributed by atoms with Crippen molar-refractivity contribution >= 4 is 34.8 Å². The van der Waals surface area contributed by atoms with Crippen LogP contribution in [0.25, 0.3) is 0 Å². The van der Waals surface area contributed by atoms with E-state index in [4.69, 9.17) is 23.2 Å². The highest BCUT2D eigenvalue weighted by Gasteiger charge is 2.04. The fourth-order valence-corrected chi connectivity index (χ4v) is 2.61. The van der Waals surface area contributed by atoms with E-state index in [-0.39, 0.29) is 5.91 Å². The zero-order valence-electron chi connectivity index (χ0n) is 12.3. The van der Waals surface area contributed by atoms with E-state index >= 15 is 0 Å². The molecule has 5 heteroatoms. The average molecular weight is 337 g/mol. The lowest BCUT2D eigenvalue weighted by Gasteiger charge is -2.09. The third kappa shape index (κ3) is 5.34. The number of carbonyl (C=O) groups is 1. The van der Waals surface area contributed by atoms with E-state index in [0.29, 0.717) is 28.7 Å². The molecule has 0 radical (unpaired) electrons. The van der Waals surface area contributed by atoms with E-state index in [0.717, 1.165) is 6.54 Å². The van der Waals surface area contributed by atoms with Gasteiger partial charge in [0.25, 0.3) is 0 Å². The zero-order valence-corrected chi connectivity index (χ0v) is 13.8. The summed E-state index contributed by atoms with van der Waals surface area (Å²) in [6.07, 6.45) is 0.385. The summed E-state index contributed by atoms with van der Waals surface area (Å²) in [4.78, 5) is 11.9. The number of anilines is 1. The summed E-state index contributed by atoms with van der Waals surface area (Å²) in [5.74, 6) is -0.0735. The molecule has 2 aromatic carbocycles. The lowest BCUT2D eigenvalue weighted by molar-refractivity contribution is -0.116. The smallest absolute Gasteiger partial charge is 0.225 e. The maximum absolute atomic E-state index is 11.9. The first-order chi connectivity index (χ1) is 10.5. The highest BCUT2D eigenvalue weighted by Crippen LogP contribution is 2.22. The van der Waals surface area contributed by atoms with Crippen LogP contribution in [0.5, 0.6) is 0 Å². The molecule has 0 aliphatic heterocycles.